The van der Waals surface area contributed by atoms with Crippen LogP contribution in [0.2, 0.25) is 0 Å². The highest BCUT2D eigenvalue weighted by Crippen LogP contribution is 2.23. The van der Waals surface area contributed by atoms with E-state index in [1.54, 1.807) is 12.3 Å². The van der Waals surface area contributed by atoms with Crippen LogP contribution in [-0.2, 0) is 6.54 Å². The van der Waals surface area contributed by atoms with Gasteiger partial charge >= 0.3 is 0 Å². The van der Waals surface area contributed by atoms with E-state index in [4.69, 9.17) is 0 Å². The number of nitrogens with zero attached hydrogens (tertiary/aromatic N) is 3. The molecule has 1 N–H and O–H groups in total. The highest BCUT2D eigenvalue weighted by atomic mass is 79.9. The molecule has 1 aliphatic heterocycles. The Labute approximate surface area is 127 Å². The second kappa shape index (κ2) is 6.54. The van der Waals surface area contributed by atoms with E-state index >= 15 is 0 Å². The Morgan fingerprint density at radius 3 is 3.05 bits per heavy atom. The van der Waals surface area contributed by atoms with Crippen LogP contribution in [0.4, 0.5) is 5.69 Å². The Balaban J connectivity index is 2.12. The highest BCUT2D eigenvalue weighted by Gasteiger charge is 2.23. The summed E-state index contributed by atoms with van der Waals surface area (Å²) < 4.78 is 1.93. The van der Waals surface area contributed by atoms with Gasteiger partial charge in [-0.3, -0.25) is 4.79 Å². The number of likely N-dealkylation sites (tertiary alicyclic amines) is 1. The summed E-state index contributed by atoms with van der Waals surface area (Å²) in [5, 5.41) is 7.59. The Bertz CT molecular complexity index is 542. The van der Waals surface area contributed by atoms with Crippen molar-refractivity contribution >= 4 is 21.6 Å². The lowest BCUT2D eigenvalue weighted by Crippen LogP contribution is -2.42. The first-order valence-electron chi connectivity index (χ1n) is 6.86. The molecule has 0 bridgehead atoms. The van der Waals surface area contributed by atoms with Crippen molar-refractivity contribution in [3.63, 3.8) is 0 Å². The predicted octanol–water partition coefficient (Wildman–Crippen LogP) is 2.09. The molecule has 5 nitrogen and oxygen atoms in total. The third-order valence-electron chi connectivity index (χ3n) is 3.85. The van der Waals surface area contributed by atoms with Crippen molar-refractivity contribution < 1.29 is 0 Å². The van der Waals surface area contributed by atoms with Crippen LogP contribution in [0.1, 0.15) is 19.8 Å². The Hall–Kier alpha value is -1.14. The molecule has 1 aromatic rings. The molecule has 1 saturated heterocycles. The van der Waals surface area contributed by atoms with Gasteiger partial charge in [0.25, 0.3) is 5.56 Å². The zero-order valence-corrected chi connectivity index (χ0v) is 13.6. The van der Waals surface area contributed by atoms with Gasteiger partial charge in [0, 0.05) is 18.6 Å². The first kappa shape index (κ1) is 15.3. The molecule has 0 radical (unpaired) electrons. The summed E-state index contributed by atoms with van der Waals surface area (Å²) in [6.07, 6.45) is 5.51. The van der Waals surface area contributed by atoms with Gasteiger partial charge < -0.3 is 10.2 Å². The van der Waals surface area contributed by atoms with Crippen molar-refractivity contribution in [3.05, 3.63) is 33.7 Å². The fourth-order valence-electron chi connectivity index (χ4n) is 2.46. The molecule has 2 atom stereocenters. The van der Waals surface area contributed by atoms with Gasteiger partial charge in [0.1, 0.15) is 4.47 Å². The largest absolute Gasteiger partial charge is 0.380 e. The summed E-state index contributed by atoms with van der Waals surface area (Å²) in [7, 11) is 2.15. The quantitative estimate of drug-likeness (QED) is 0.852. The first-order valence-corrected chi connectivity index (χ1v) is 7.65. The number of hydrogen-bond donors (Lipinski definition) is 1. The molecule has 110 valence electrons. The topological polar surface area (TPSA) is 50.2 Å². The minimum Gasteiger partial charge on any atom is -0.380 e. The average molecular weight is 341 g/mol. The van der Waals surface area contributed by atoms with E-state index in [0.717, 1.165) is 25.1 Å². The van der Waals surface area contributed by atoms with Crippen molar-refractivity contribution in [2.24, 2.45) is 0 Å². The molecule has 0 aliphatic carbocycles. The molecule has 6 heteroatoms. The summed E-state index contributed by atoms with van der Waals surface area (Å²) in [5.41, 5.74) is 0.646. The standard InChI is InChI=1S/C14H21BrN4O/c1-4-6-19-14(20)13(15)12(9-16-19)17-11-5-7-18(3)10(2)8-11/h4,9-11,17H,1,5-8H2,2-3H3. The van der Waals surface area contributed by atoms with Crippen LogP contribution in [0.25, 0.3) is 0 Å². The summed E-state index contributed by atoms with van der Waals surface area (Å²) in [4.78, 5) is 14.4. The zero-order chi connectivity index (χ0) is 14.7. The number of halogens is 1. The van der Waals surface area contributed by atoms with Gasteiger partial charge in [-0.1, -0.05) is 6.08 Å². The van der Waals surface area contributed by atoms with Crippen LogP contribution in [-0.4, -0.2) is 40.4 Å². The molecule has 2 rings (SSSR count). The Morgan fingerprint density at radius 1 is 1.65 bits per heavy atom. The van der Waals surface area contributed by atoms with Crippen LogP contribution < -0.4 is 10.9 Å². The van der Waals surface area contributed by atoms with Crippen LogP contribution >= 0.6 is 15.9 Å². The molecular weight excluding hydrogens is 320 g/mol. The summed E-state index contributed by atoms with van der Waals surface area (Å²) >= 11 is 3.37. The maximum absolute atomic E-state index is 12.1. The number of nitrogens with one attached hydrogen (secondary N) is 1. The van der Waals surface area contributed by atoms with E-state index in [0.29, 0.717) is 23.1 Å². The summed E-state index contributed by atoms with van der Waals surface area (Å²) in [6, 6.07) is 0.933. The monoisotopic (exact) mass is 340 g/mol. The lowest BCUT2D eigenvalue weighted by molar-refractivity contribution is 0.190. The van der Waals surface area contributed by atoms with E-state index in [1.807, 2.05) is 0 Å². The lowest BCUT2D eigenvalue weighted by Gasteiger charge is -2.35. The minimum absolute atomic E-state index is 0.129. The number of aromatic nitrogens is 2. The number of rotatable bonds is 4. The van der Waals surface area contributed by atoms with E-state index in [2.05, 4.69) is 51.8 Å². The Kier molecular flexibility index (Phi) is 4.99. The average Bonchev–Trinajstić information content (AvgIpc) is 2.42. The molecule has 0 amide bonds. The van der Waals surface area contributed by atoms with Crippen LogP contribution in [0.3, 0.4) is 0 Å². The van der Waals surface area contributed by atoms with Crippen molar-refractivity contribution in [1.82, 2.24) is 14.7 Å². The second-order valence-electron chi connectivity index (χ2n) is 5.34. The van der Waals surface area contributed by atoms with Gasteiger partial charge in [-0.15, -0.1) is 6.58 Å². The van der Waals surface area contributed by atoms with Crippen molar-refractivity contribution in [2.45, 2.75) is 38.4 Å². The predicted molar refractivity (Wildman–Crippen MR) is 85.1 cm³/mol. The van der Waals surface area contributed by atoms with Gasteiger partial charge in [0.2, 0.25) is 0 Å². The van der Waals surface area contributed by atoms with Crippen molar-refractivity contribution in [2.75, 3.05) is 18.9 Å². The van der Waals surface area contributed by atoms with Gasteiger partial charge in [0.05, 0.1) is 18.4 Å². The van der Waals surface area contributed by atoms with E-state index in [9.17, 15) is 4.79 Å². The molecule has 1 fully saturated rings. The van der Waals surface area contributed by atoms with Crippen LogP contribution in [0, 0.1) is 0 Å². The maximum Gasteiger partial charge on any atom is 0.283 e. The molecule has 2 unspecified atom stereocenters. The minimum atomic E-state index is -0.129. The molecule has 1 aromatic heterocycles. The number of piperidine rings is 1. The molecule has 1 aliphatic rings. The number of anilines is 1. The fraction of sp³-hybridized carbons (Fsp3) is 0.571. The fourth-order valence-corrected chi connectivity index (χ4v) is 2.88. The molecule has 0 spiro atoms. The van der Waals surface area contributed by atoms with Gasteiger partial charge in [-0.05, 0) is 42.7 Å². The number of allylic oxidation sites excluding steroid dienone is 1. The van der Waals surface area contributed by atoms with Gasteiger partial charge in [-0.2, -0.15) is 5.10 Å². The van der Waals surface area contributed by atoms with Crippen LogP contribution in [0.15, 0.2) is 28.1 Å². The SMILES string of the molecule is C=CCn1ncc(NC2CCN(C)C(C)C2)c(Br)c1=O. The molecule has 20 heavy (non-hydrogen) atoms. The number of hydrogen-bond acceptors (Lipinski definition) is 4. The Morgan fingerprint density at radius 2 is 2.40 bits per heavy atom. The highest BCUT2D eigenvalue weighted by molar-refractivity contribution is 9.10. The summed E-state index contributed by atoms with van der Waals surface area (Å²) in [5.74, 6) is 0. The second-order valence-corrected chi connectivity index (χ2v) is 6.14. The zero-order valence-electron chi connectivity index (χ0n) is 12.0. The van der Waals surface area contributed by atoms with Crippen molar-refractivity contribution in [3.8, 4) is 0 Å². The molecule has 2 heterocycles. The molecule has 0 saturated carbocycles. The molecule has 0 aromatic carbocycles. The molecular formula is C14H21BrN4O. The maximum atomic E-state index is 12.1. The normalized spacial score (nSPS) is 23.6. The van der Waals surface area contributed by atoms with Gasteiger partial charge in [-0.25, -0.2) is 4.68 Å². The van der Waals surface area contributed by atoms with E-state index in [1.165, 1.54) is 4.68 Å². The van der Waals surface area contributed by atoms with E-state index < -0.39 is 0 Å². The third kappa shape index (κ3) is 3.30. The summed E-state index contributed by atoms with van der Waals surface area (Å²) in [6.45, 7) is 7.33. The lowest BCUT2D eigenvalue weighted by atomic mass is 9.99. The van der Waals surface area contributed by atoms with E-state index in [-0.39, 0.29) is 5.56 Å². The first-order chi connectivity index (χ1) is 9.52. The van der Waals surface area contributed by atoms with Crippen LogP contribution in [0.5, 0.6) is 0 Å². The third-order valence-corrected chi connectivity index (χ3v) is 4.62. The smallest absolute Gasteiger partial charge is 0.283 e. The van der Waals surface area contributed by atoms with Gasteiger partial charge in [0.15, 0.2) is 0 Å². The van der Waals surface area contributed by atoms with Crippen molar-refractivity contribution in [1.29, 1.82) is 0 Å².